The van der Waals surface area contributed by atoms with Crippen molar-refractivity contribution < 1.29 is 9.64 Å². The first-order valence-corrected chi connectivity index (χ1v) is 11.0. The van der Waals surface area contributed by atoms with E-state index in [0.29, 0.717) is 0 Å². The summed E-state index contributed by atoms with van der Waals surface area (Å²) in [5.74, 6) is 0. The molecule has 2 heterocycles. The van der Waals surface area contributed by atoms with Crippen molar-refractivity contribution in [3.63, 3.8) is 0 Å². The normalized spacial score (nSPS) is 14.9. The Hall–Kier alpha value is -1.18. The quantitative estimate of drug-likeness (QED) is 0.668. The van der Waals surface area contributed by atoms with E-state index in [1.807, 2.05) is 25.1 Å². The molecule has 0 radical (unpaired) electrons. The highest BCUT2D eigenvalue weighted by atomic mass is 35.5. The van der Waals surface area contributed by atoms with Gasteiger partial charge in [-0.3, -0.25) is 0 Å². The van der Waals surface area contributed by atoms with Gasteiger partial charge in [-0.2, -0.15) is 0 Å². The van der Waals surface area contributed by atoms with Crippen LogP contribution in [0.1, 0.15) is 16.9 Å². The molecule has 0 amide bonds. The standard InChI is InChI=1S/C20H26ClN3OS2/c1-16-14-17(5-6-19(16)21)22-20(26)24(15-18-4-2-13-27-18)8-3-7-23-9-11-25-12-10-23/h2,4-6,13-14H,3,7-12,15H2,1H3,(H,22,26)/p+1. The van der Waals surface area contributed by atoms with Crippen LogP contribution >= 0.6 is 35.2 Å². The van der Waals surface area contributed by atoms with E-state index in [-0.39, 0.29) is 0 Å². The molecule has 3 rings (SSSR count). The van der Waals surface area contributed by atoms with Gasteiger partial charge in [0.1, 0.15) is 13.1 Å². The number of nitrogens with zero attached hydrogens (tertiary/aromatic N) is 1. The van der Waals surface area contributed by atoms with Crippen LogP contribution in [-0.4, -0.2) is 49.4 Å². The molecule has 0 spiro atoms. The number of thiophene rings is 1. The average molecular weight is 425 g/mol. The summed E-state index contributed by atoms with van der Waals surface area (Å²) in [6.07, 6.45) is 1.11. The fourth-order valence-corrected chi connectivity index (χ4v) is 4.31. The number of rotatable bonds is 7. The molecule has 0 saturated carbocycles. The molecule has 7 heteroatoms. The molecule has 1 aromatic heterocycles. The van der Waals surface area contributed by atoms with Gasteiger partial charge in [0, 0.05) is 28.6 Å². The number of thiocarbonyl (C=S) groups is 1. The average Bonchev–Trinajstić information content (AvgIpc) is 3.18. The van der Waals surface area contributed by atoms with Crippen molar-refractivity contribution in [1.82, 2.24) is 4.90 Å². The lowest BCUT2D eigenvalue weighted by Gasteiger charge is -2.28. The smallest absolute Gasteiger partial charge is 0.173 e. The number of hydrogen-bond acceptors (Lipinski definition) is 3. The number of benzene rings is 1. The highest BCUT2D eigenvalue weighted by molar-refractivity contribution is 7.80. The summed E-state index contributed by atoms with van der Waals surface area (Å²) in [6, 6.07) is 10.2. The van der Waals surface area contributed by atoms with E-state index in [4.69, 9.17) is 28.6 Å². The summed E-state index contributed by atoms with van der Waals surface area (Å²) in [4.78, 5) is 5.22. The van der Waals surface area contributed by atoms with Crippen LogP contribution in [0.2, 0.25) is 5.02 Å². The maximum absolute atomic E-state index is 6.14. The maximum atomic E-state index is 6.14. The summed E-state index contributed by atoms with van der Waals surface area (Å²) >= 11 is 13.6. The van der Waals surface area contributed by atoms with E-state index < -0.39 is 0 Å². The SMILES string of the molecule is Cc1cc(NC(=S)N(CCC[NH+]2CCOCC2)Cc2cccs2)ccc1Cl. The Morgan fingerprint density at radius 3 is 2.85 bits per heavy atom. The number of halogens is 1. The third kappa shape index (κ3) is 6.43. The molecule has 0 bridgehead atoms. The molecule has 4 nitrogen and oxygen atoms in total. The molecule has 27 heavy (non-hydrogen) atoms. The number of quaternary nitrogens is 1. The number of morpholine rings is 1. The van der Waals surface area contributed by atoms with Gasteiger partial charge in [-0.25, -0.2) is 0 Å². The lowest BCUT2D eigenvalue weighted by Crippen LogP contribution is -3.14. The van der Waals surface area contributed by atoms with Crippen LogP contribution in [-0.2, 0) is 11.3 Å². The van der Waals surface area contributed by atoms with Crippen LogP contribution < -0.4 is 10.2 Å². The van der Waals surface area contributed by atoms with Gasteiger partial charge in [0.2, 0.25) is 0 Å². The van der Waals surface area contributed by atoms with Crippen molar-refractivity contribution in [1.29, 1.82) is 0 Å². The Kier molecular flexibility index (Phi) is 7.91. The Morgan fingerprint density at radius 2 is 2.15 bits per heavy atom. The Labute approximate surface area is 176 Å². The molecule has 146 valence electrons. The summed E-state index contributed by atoms with van der Waals surface area (Å²) < 4.78 is 5.45. The third-order valence-corrected chi connectivity index (χ3v) is 6.43. The van der Waals surface area contributed by atoms with E-state index in [0.717, 1.165) is 73.7 Å². The van der Waals surface area contributed by atoms with Crippen molar-refractivity contribution in [3.05, 3.63) is 51.2 Å². The molecule has 2 aromatic rings. The van der Waals surface area contributed by atoms with E-state index in [9.17, 15) is 0 Å². The zero-order chi connectivity index (χ0) is 19.1. The van der Waals surface area contributed by atoms with Gasteiger partial charge in [-0.05, 0) is 54.4 Å². The topological polar surface area (TPSA) is 28.9 Å². The fraction of sp³-hybridized carbons (Fsp3) is 0.450. The monoisotopic (exact) mass is 424 g/mol. The lowest BCUT2D eigenvalue weighted by atomic mass is 10.2. The van der Waals surface area contributed by atoms with E-state index >= 15 is 0 Å². The number of ether oxygens (including phenoxy) is 1. The van der Waals surface area contributed by atoms with E-state index in [1.54, 1.807) is 16.2 Å². The third-order valence-electron chi connectivity index (χ3n) is 4.78. The van der Waals surface area contributed by atoms with Gasteiger partial charge < -0.3 is 19.9 Å². The van der Waals surface area contributed by atoms with Crippen LogP contribution in [0.25, 0.3) is 0 Å². The summed E-state index contributed by atoms with van der Waals surface area (Å²) in [5, 5.41) is 7.04. The van der Waals surface area contributed by atoms with Crippen molar-refractivity contribution in [3.8, 4) is 0 Å². The Bertz CT molecular complexity index is 733. The van der Waals surface area contributed by atoms with E-state index in [1.165, 1.54) is 4.88 Å². The summed E-state index contributed by atoms with van der Waals surface area (Å²) in [7, 11) is 0. The maximum Gasteiger partial charge on any atom is 0.173 e. The first-order chi connectivity index (χ1) is 13.1. The molecule has 1 aliphatic rings. The molecule has 1 fully saturated rings. The van der Waals surface area contributed by atoms with Crippen molar-refractivity contribution in [2.75, 3.05) is 44.7 Å². The Balaban J connectivity index is 1.59. The van der Waals surface area contributed by atoms with Crippen LogP contribution in [0.15, 0.2) is 35.7 Å². The molecule has 1 aromatic carbocycles. The van der Waals surface area contributed by atoms with Gasteiger partial charge >= 0.3 is 0 Å². The molecule has 0 atom stereocenters. The molecular weight excluding hydrogens is 398 g/mol. The minimum Gasteiger partial charge on any atom is -0.370 e. The second-order valence-electron chi connectivity index (χ2n) is 6.86. The van der Waals surface area contributed by atoms with Gasteiger partial charge in [0.15, 0.2) is 5.11 Å². The van der Waals surface area contributed by atoms with Gasteiger partial charge in [-0.15, -0.1) is 11.3 Å². The van der Waals surface area contributed by atoms with Crippen LogP contribution in [0, 0.1) is 6.92 Å². The van der Waals surface area contributed by atoms with Gasteiger partial charge in [-0.1, -0.05) is 17.7 Å². The van der Waals surface area contributed by atoms with Crippen molar-refractivity contribution >= 4 is 46.0 Å². The highest BCUT2D eigenvalue weighted by Crippen LogP contribution is 2.20. The number of anilines is 1. The zero-order valence-corrected chi connectivity index (χ0v) is 18.1. The Morgan fingerprint density at radius 1 is 1.33 bits per heavy atom. The molecule has 1 saturated heterocycles. The second-order valence-corrected chi connectivity index (χ2v) is 8.69. The minimum absolute atomic E-state index is 0.766. The van der Waals surface area contributed by atoms with Crippen LogP contribution in [0.5, 0.6) is 0 Å². The minimum atomic E-state index is 0.766. The first-order valence-electron chi connectivity index (χ1n) is 9.37. The van der Waals surface area contributed by atoms with Gasteiger partial charge in [0.05, 0.1) is 26.3 Å². The lowest BCUT2D eigenvalue weighted by molar-refractivity contribution is -0.908. The molecule has 0 aliphatic carbocycles. The molecular formula is C20H27ClN3OS2+. The van der Waals surface area contributed by atoms with Crippen molar-refractivity contribution in [2.24, 2.45) is 0 Å². The summed E-state index contributed by atoms with van der Waals surface area (Å²) in [6.45, 7) is 8.93. The predicted molar refractivity (Wildman–Crippen MR) is 118 cm³/mol. The number of aryl methyl sites for hydroxylation is 1. The largest absolute Gasteiger partial charge is 0.370 e. The summed E-state index contributed by atoms with van der Waals surface area (Å²) in [5.41, 5.74) is 2.03. The van der Waals surface area contributed by atoms with Crippen molar-refractivity contribution in [2.45, 2.75) is 19.9 Å². The molecule has 1 aliphatic heterocycles. The fourth-order valence-electron chi connectivity index (χ4n) is 3.20. The van der Waals surface area contributed by atoms with Crippen LogP contribution in [0.4, 0.5) is 5.69 Å². The van der Waals surface area contributed by atoms with E-state index in [2.05, 4.69) is 27.7 Å². The molecule has 2 N–H and O–H groups in total. The number of nitrogens with one attached hydrogen (secondary N) is 2. The first kappa shape index (κ1) is 20.6. The second kappa shape index (κ2) is 10.4. The van der Waals surface area contributed by atoms with Crippen LogP contribution in [0.3, 0.4) is 0 Å². The van der Waals surface area contributed by atoms with Gasteiger partial charge in [0.25, 0.3) is 0 Å². The zero-order valence-electron chi connectivity index (χ0n) is 15.7. The number of hydrogen-bond donors (Lipinski definition) is 2. The predicted octanol–water partition coefficient (Wildman–Crippen LogP) is 3.21. The molecule has 0 unspecified atom stereocenters. The highest BCUT2D eigenvalue weighted by Gasteiger charge is 2.16.